The maximum absolute atomic E-state index is 11.5. The first-order chi connectivity index (χ1) is 10.9. The van der Waals surface area contributed by atoms with Gasteiger partial charge in [0.05, 0.1) is 5.75 Å². The molecule has 4 heterocycles. The van der Waals surface area contributed by atoms with Crippen molar-refractivity contribution in [1.29, 1.82) is 0 Å². The van der Waals surface area contributed by atoms with Crippen LogP contribution in [0.1, 0.15) is 25.7 Å². The molecule has 4 aliphatic rings. The van der Waals surface area contributed by atoms with E-state index in [0.717, 1.165) is 25.7 Å². The second-order valence-electron chi connectivity index (χ2n) is 6.17. The van der Waals surface area contributed by atoms with Crippen molar-refractivity contribution in [3.8, 4) is 0 Å². The Labute approximate surface area is 138 Å². The summed E-state index contributed by atoms with van der Waals surface area (Å²) in [6, 6.07) is 0.416. The van der Waals surface area contributed by atoms with Gasteiger partial charge < -0.3 is 0 Å². The van der Waals surface area contributed by atoms with Crippen LogP contribution in [-0.4, -0.2) is 62.9 Å². The van der Waals surface area contributed by atoms with Crippen molar-refractivity contribution in [2.45, 2.75) is 37.8 Å². The molecule has 0 aliphatic carbocycles. The summed E-state index contributed by atoms with van der Waals surface area (Å²) in [5.74, 6) is 0.345. The summed E-state index contributed by atoms with van der Waals surface area (Å²) in [6.07, 6.45) is 11.6. The Morgan fingerprint density at radius 1 is 0.870 bits per heavy atom. The lowest BCUT2D eigenvalue weighted by molar-refractivity contribution is 0.297. The third-order valence-corrected chi connectivity index (χ3v) is 8.20. The SMILES string of the molecule is O=S1(=O)CCCC2CC=CCN21.O=S1(=O)NCC2CC=CCN21. The predicted octanol–water partition coefficient (Wildman–Crippen LogP) is 0.205. The first kappa shape index (κ1) is 17.1. The van der Waals surface area contributed by atoms with Crippen molar-refractivity contribution in [2.75, 3.05) is 25.4 Å². The Morgan fingerprint density at radius 2 is 1.52 bits per heavy atom. The van der Waals surface area contributed by atoms with Gasteiger partial charge in [-0.25, -0.2) is 13.1 Å². The lowest BCUT2D eigenvalue weighted by Gasteiger charge is -2.35. The van der Waals surface area contributed by atoms with Crippen molar-refractivity contribution in [3.63, 3.8) is 0 Å². The Hall–Kier alpha value is -0.740. The number of sulfonamides is 1. The molecule has 9 heteroatoms. The molecular weight excluding hydrogens is 338 g/mol. The number of fused-ring (bicyclic) bond motifs is 2. The van der Waals surface area contributed by atoms with Crippen LogP contribution >= 0.6 is 0 Å². The quantitative estimate of drug-likeness (QED) is 0.625. The molecular formula is C14H23N3O4S2. The normalized spacial score (nSPS) is 35.0. The molecule has 2 saturated heterocycles. The van der Waals surface area contributed by atoms with Crippen molar-refractivity contribution >= 4 is 20.2 Å². The van der Waals surface area contributed by atoms with Gasteiger partial charge in [0.2, 0.25) is 10.0 Å². The molecule has 130 valence electrons. The van der Waals surface area contributed by atoms with E-state index in [0.29, 0.717) is 25.4 Å². The molecule has 0 amide bonds. The molecule has 0 spiro atoms. The van der Waals surface area contributed by atoms with Gasteiger partial charge in [0.1, 0.15) is 0 Å². The van der Waals surface area contributed by atoms with Gasteiger partial charge in [-0.1, -0.05) is 24.3 Å². The third-order valence-electron chi connectivity index (χ3n) is 4.64. The Bertz CT molecular complexity index is 700. The predicted molar refractivity (Wildman–Crippen MR) is 88.4 cm³/mol. The topological polar surface area (TPSA) is 86.8 Å². The van der Waals surface area contributed by atoms with Gasteiger partial charge in [0, 0.05) is 31.7 Å². The zero-order valence-electron chi connectivity index (χ0n) is 13.0. The molecule has 7 nitrogen and oxygen atoms in total. The highest BCUT2D eigenvalue weighted by Gasteiger charge is 2.36. The van der Waals surface area contributed by atoms with Crippen molar-refractivity contribution in [1.82, 2.24) is 13.3 Å². The summed E-state index contributed by atoms with van der Waals surface area (Å²) in [6.45, 7) is 1.68. The molecule has 0 radical (unpaired) electrons. The van der Waals surface area contributed by atoms with Crippen LogP contribution in [0.3, 0.4) is 0 Å². The van der Waals surface area contributed by atoms with E-state index in [1.807, 2.05) is 18.2 Å². The summed E-state index contributed by atoms with van der Waals surface area (Å²) in [4.78, 5) is 0. The standard InChI is InChI=1S/C8H13NO2S.C6H10N2O2S/c10-12(11)7-3-5-8-4-1-2-6-9(8)12;9-11(10)7-5-6-3-1-2-4-8(6)11/h1-2,8H,3-7H2;1-2,6-7H,3-5H2. The molecule has 2 atom stereocenters. The van der Waals surface area contributed by atoms with Gasteiger partial charge in [0.25, 0.3) is 10.2 Å². The van der Waals surface area contributed by atoms with Crippen molar-refractivity contribution < 1.29 is 16.8 Å². The van der Waals surface area contributed by atoms with E-state index in [-0.39, 0.29) is 12.1 Å². The van der Waals surface area contributed by atoms with E-state index in [2.05, 4.69) is 10.8 Å². The third kappa shape index (κ3) is 3.69. The minimum Gasteiger partial charge on any atom is -0.212 e. The maximum atomic E-state index is 11.5. The Kier molecular flexibility index (Phi) is 4.93. The van der Waals surface area contributed by atoms with Gasteiger partial charge >= 0.3 is 0 Å². The molecule has 2 fully saturated rings. The summed E-state index contributed by atoms with van der Waals surface area (Å²) in [5.41, 5.74) is 0. The highest BCUT2D eigenvalue weighted by molar-refractivity contribution is 7.89. The van der Waals surface area contributed by atoms with E-state index in [1.54, 1.807) is 4.31 Å². The Balaban J connectivity index is 0.000000136. The van der Waals surface area contributed by atoms with Crippen LogP contribution in [0, 0.1) is 0 Å². The number of nitrogens with zero attached hydrogens (tertiary/aromatic N) is 2. The van der Waals surface area contributed by atoms with Crippen LogP contribution in [-0.2, 0) is 20.2 Å². The Morgan fingerprint density at radius 3 is 2.17 bits per heavy atom. The lowest BCUT2D eigenvalue weighted by atomic mass is 10.1. The minimum atomic E-state index is -3.12. The van der Waals surface area contributed by atoms with Gasteiger partial charge in [-0.15, -0.1) is 0 Å². The van der Waals surface area contributed by atoms with Crippen LogP contribution < -0.4 is 4.72 Å². The minimum absolute atomic E-state index is 0.157. The number of hydrogen-bond acceptors (Lipinski definition) is 4. The van der Waals surface area contributed by atoms with E-state index in [1.165, 1.54) is 4.31 Å². The number of nitrogens with one attached hydrogen (secondary N) is 1. The van der Waals surface area contributed by atoms with Crippen LogP contribution in [0.25, 0.3) is 0 Å². The van der Waals surface area contributed by atoms with E-state index < -0.39 is 20.2 Å². The molecule has 4 rings (SSSR count). The molecule has 0 saturated carbocycles. The van der Waals surface area contributed by atoms with Crippen LogP contribution in [0.2, 0.25) is 0 Å². The first-order valence-corrected chi connectivity index (χ1v) is 11.0. The van der Waals surface area contributed by atoms with Gasteiger partial charge in [-0.3, -0.25) is 0 Å². The molecule has 2 unspecified atom stereocenters. The fourth-order valence-electron chi connectivity index (χ4n) is 3.38. The highest BCUT2D eigenvalue weighted by Crippen LogP contribution is 2.25. The molecule has 1 N–H and O–H groups in total. The van der Waals surface area contributed by atoms with E-state index in [4.69, 9.17) is 0 Å². The largest absolute Gasteiger partial charge is 0.280 e. The highest BCUT2D eigenvalue weighted by atomic mass is 32.2. The summed E-state index contributed by atoms with van der Waals surface area (Å²) in [5, 5.41) is 0. The molecule has 0 aromatic carbocycles. The molecule has 0 bridgehead atoms. The first-order valence-electron chi connectivity index (χ1n) is 7.96. The second-order valence-corrected chi connectivity index (χ2v) is 9.92. The van der Waals surface area contributed by atoms with Crippen molar-refractivity contribution in [2.24, 2.45) is 0 Å². The molecule has 0 aromatic heterocycles. The fraction of sp³-hybridized carbons (Fsp3) is 0.714. The van der Waals surface area contributed by atoms with Gasteiger partial charge in [-0.05, 0) is 25.7 Å². The zero-order chi connectivity index (χ0) is 16.5. The maximum Gasteiger partial charge on any atom is 0.280 e. The summed E-state index contributed by atoms with van der Waals surface area (Å²) < 4.78 is 51.0. The average Bonchev–Trinajstić information content (AvgIpc) is 2.84. The lowest BCUT2D eigenvalue weighted by Crippen LogP contribution is -2.46. The summed E-state index contributed by atoms with van der Waals surface area (Å²) >= 11 is 0. The average molecular weight is 361 g/mol. The van der Waals surface area contributed by atoms with Crippen LogP contribution in [0.15, 0.2) is 24.3 Å². The fourth-order valence-corrected chi connectivity index (χ4v) is 6.51. The van der Waals surface area contributed by atoms with Gasteiger partial charge in [0.15, 0.2) is 0 Å². The van der Waals surface area contributed by atoms with Gasteiger partial charge in [-0.2, -0.15) is 17.0 Å². The van der Waals surface area contributed by atoms with Crippen LogP contribution in [0.4, 0.5) is 0 Å². The second kappa shape index (κ2) is 6.64. The monoisotopic (exact) mass is 361 g/mol. The van der Waals surface area contributed by atoms with Crippen molar-refractivity contribution in [3.05, 3.63) is 24.3 Å². The smallest absolute Gasteiger partial charge is 0.212 e. The molecule has 4 aliphatic heterocycles. The molecule has 0 aromatic rings. The van der Waals surface area contributed by atoms with Crippen LogP contribution in [0.5, 0.6) is 0 Å². The van der Waals surface area contributed by atoms with E-state index >= 15 is 0 Å². The molecule has 23 heavy (non-hydrogen) atoms. The number of rotatable bonds is 0. The zero-order valence-corrected chi connectivity index (χ0v) is 14.6. The number of hydrogen-bond donors (Lipinski definition) is 1. The van der Waals surface area contributed by atoms with E-state index in [9.17, 15) is 16.8 Å². The summed E-state index contributed by atoms with van der Waals surface area (Å²) in [7, 11) is -6.02.